The van der Waals surface area contributed by atoms with Crippen molar-refractivity contribution in [3.63, 3.8) is 0 Å². The van der Waals surface area contributed by atoms with E-state index in [1.165, 1.54) is 17.7 Å². The second-order valence-electron chi connectivity index (χ2n) is 6.39. The van der Waals surface area contributed by atoms with Crippen LogP contribution in [0, 0.1) is 11.3 Å². The fraction of sp³-hybridized carbons (Fsp3) is 0.625. The summed E-state index contributed by atoms with van der Waals surface area (Å²) in [4.78, 5) is 0. The molecule has 1 aliphatic heterocycles. The molecule has 1 N–H and O–H groups in total. The highest BCUT2D eigenvalue weighted by molar-refractivity contribution is 9.10. The normalized spacial score (nSPS) is 30.7. The van der Waals surface area contributed by atoms with Crippen LogP contribution in [0.3, 0.4) is 0 Å². The number of anilines is 1. The van der Waals surface area contributed by atoms with E-state index in [0.29, 0.717) is 24.7 Å². The van der Waals surface area contributed by atoms with Gasteiger partial charge in [0.2, 0.25) is 0 Å². The highest BCUT2D eigenvalue weighted by Gasteiger charge is 2.59. The molecule has 20 heavy (non-hydrogen) atoms. The van der Waals surface area contributed by atoms with E-state index in [0.717, 1.165) is 11.1 Å². The van der Waals surface area contributed by atoms with Gasteiger partial charge in [-0.3, -0.25) is 0 Å². The summed E-state index contributed by atoms with van der Waals surface area (Å²) in [6.07, 6.45) is 1.58. The molecular weight excluding hydrogens is 318 g/mol. The van der Waals surface area contributed by atoms with Gasteiger partial charge in [-0.15, -0.1) is 0 Å². The van der Waals surface area contributed by atoms with Gasteiger partial charge < -0.3 is 14.8 Å². The van der Waals surface area contributed by atoms with Crippen molar-refractivity contribution in [2.45, 2.75) is 39.0 Å². The summed E-state index contributed by atoms with van der Waals surface area (Å²) in [6, 6.07) is 6.74. The molecule has 1 aromatic carbocycles. The number of rotatable bonds is 4. The average molecular weight is 340 g/mol. The van der Waals surface area contributed by atoms with Crippen molar-refractivity contribution in [2.75, 3.05) is 19.0 Å². The maximum absolute atomic E-state index is 5.86. The number of methoxy groups -OCH3 is 1. The first kappa shape index (κ1) is 14.4. The predicted octanol–water partition coefficient (Wildman–Crippen LogP) is 3.82. The van der Waals surface area contributed by atoms with Gasteiger partial charge in [0, 0.05) is 46.8 Å². The molecular formula is C16H22BrNO2. The molecule has 1 heterocycles. The Hall–Kier alpha value is -0.580. The fourth-order valence-electron chi connectivity index (χ4n) is 3.77. The number of nitrogens with one attached hydrogen (secondary N) is 1. The molecule has 0 amide bonds. The second-order valence-corrected chi connectivity index (χ2v) is 7.24. The smallest absolute Gasteiger partial charge is 0.0744 e. The number of hydrogen-bond acceptors (Lipinski definition) is 3. The zero-order valence-corrected chi connectivity index (χ0v) is 13.9. The van der Waals surface area contributed by atoms with Crippen molar-refractivity contribution in [3.05, 3.63) is 28.2 Å². The van der Waals surface area contributed by atoms with Gasteiger partial charge in [0.15, 0.2) is 0 Å². The zero-order chi connectivity index (χ0) is 14.3. The van der Waals surface area contributed by atoms with Crippen LogP contribution in [-0.4, -0.2) is 25.9 Å². The number of ether oxygens (including phenoxy) is 2. The molecule has 4 heteroatoms. The SMILES string of the molecule is COCc1c(Br)cccc1NC1C2CCOC2C1(C)C. The van der Waals surface area contributed by atoms with E-state index in [2.05, 4.69) is 53.3 Å². The maximum atomic E-state index is 5.86. The zero-order valence-electron chi connectivity index (χ0n) is 12.3. The van der Waals surface area contributed by atoms with E-state index in [1.807, 2.05) is 0 Å². The molecule has 110 valence electrons. The average Bonchev–Trinajstić information content (AvgIpc) is 2.86. The van der Waals surface area contributed by atoms with Gasteiger partial charge in [0.25, 0.3) is 0 Å². The number of hydrogen-bond donors (Lipinski definition) is 1. The minimum atomic E-state index is 0.188. The van der Waals surface area contributed by atoms with Crippen LogP contribution in [-0.2, 0) is 16.1 Å². The standard InChI is InChI=1S/C16H22BrNO2/c1-16(2)14(10-7-8-20-15(10)16)18-13-6-4-5-12(17)11(13)9-19-3/h4-6,10,14-15,18H,7-9H2,1-3H3. The molecule has 2 aliphatic rings. The summed E-state index contributed by atoms with van der Waals surface area (Å²) in [5.41, 5.74) is 2.55. The van der Waals surface area contributed by atoms with Crippen molar-refractivity contribution in [2.24, 2.45) is 11.3 Å². The third-order valence-corrected chi connectivity index (χ3v) is 5.56. The molecule has 2 fully saturated rings. The maximum Gasteiger partial charge on any atom is 0.0744 e. The van der Waals surface area contributed by atoms with Gasteiger partial charge in [-0.2, -0.15) is 0 Å². The lowest BCUT2D eigenvalue weighted by atomic mass is 9.57. The molecule has 3 unspecified atom stereocenters. The highest BCUT2D eigenvalue weighted by Crippen LogP contribution is 2.53. The molecule has 1 saturated carbocycles. The van der Waals surface area contributed by atoms with E-state index >= 15 is 0 Å². The van der Waals surface area contributed by atoms with Crippen LogP contribution >= 0.6 is 15.9 Å². The Morgan fingerprint density at radius 2 is 2.25 bits per heavy atom. The van der Waals surface area contributed by atoms with Gasteiger partial charge in [-0.25, -0.2) is 0 Å². The van der Waals surface area contributed by atoms with E-state index < -0.39 is 0 Å². The van der Waals surface area contributed by atoms with Crippen LogP contribution in [0.5, 0.6) is 0 Å². The Morgan fingerprint density at radius 1 is 1.45 bits per heavy atom. The molecule has 3 rings (SSSR count). The Bertz CT molecular complexity index is 503. The first-order chi connectivity index (χ1) is 9.55. The Kier molecular flexibility index (Phi) is 3.82. The highest BCUT2D eigenvalue weighted by atomic mass is 79.9. The van der Waals surface area contributed by atoms with Crippen molar-refractivity contribution in [1.82, 2.24) is 0 Å². The van der Waals surface area contributed by atoms with E-state index in [1.54, 1.807) is 7.11 Å². The summed E-state index contributed by atoms with van der Waals surface area (Å²) < 4.78 is 12.3. The van der Waals surface area contributed by atoms with Crippen molar-refractivity contribution >= 4 is 21.6 Å². The van der Waals surface area contributed by atoms with Crippen molar-refractivity contribution in [3.8, 4) is 0 Å². The van der Waals surface area contributed by atoms with Crippen molar-refractivity contribution < 1.29 is 9.47 Å². The minimum Gasteiger partial charge on any atom is -0.381 e. The molecule has 0 bridgehead atoms. The molecule has 0 spiro atoms. The predicted molar refractivity (Wildman–Crippen MR) is 83.9 cm³/mol. The van der Waals surface area contributed by atoms with Crippen LogP contribution in [0.15, 0.2) is 22.7 Å². The van der Waals surface area contributed by atoms with Crippen LogP contribution in [0.25, 0.3) is 0 Å². The molecule has 0 aromatic heterocycles. The van der Waals surface area contributed by atoms with E-state index in [-0.39, 0.29) is 5.41 Å². The first-order valence-electron chi connectivity index (χ1n) is 7.20. The quantitative estimate of drug-likeness (QED) is 0.904. The van der Waals surface area contributed by atoms with Gasteiger partial charge in [0.05, 0.1) is 12.7 Å². The molecule has 1 aromatic rings. The lowest BCUT2D eigenvalue weighted by Crippen LogP contribution is -2.63. The van der Waals surface area contributed by atoms with E-state index in [4.69, 9.17) is 9.47 Å². The summed E-state index contributed by atoms with van der Waals surface area (Å²) in [5.74, 6) is 0.638. The van der Waals surface area contributed by atoms with E-state index in [9.17, 15) is 0 Å². The van der Waals surface area contributed by atoms with Crippen LogP contribution in [0.2, 0.25) is 0 Å². The van der Waals surface area contributed by atoms with Gasteiger partial charge >= 0.3 is 0 Å². The van der Waals surface area contributed by atoms with Crippen molar-refractivity contribution in [1.29, 1.82) is 0 Å². The Morgan fingerprint density at radius 3 is 3.00 bits per heavy atom. The number of halogens is 1. The Labute approximate surface area is 129 Å². The lowest BCUT2D eigenvalue weighted by Gasteiger charge is -2.55. The first-order valence-corrected chi connectivity index (χ1v) is 7.99. The molecule has 1 aliphatic carbocycles. The largest absolute Gasteiger partial charge is 0.381 e. The van der Waals surface area contributed by atoms with Gasteiger partial charge in [0.1, 0.15) is 0 Å². The topological polar surface area (TPSA) is 30.5 Å². The number of fused-ring (bicyclic) bond motifs is 1. The monoisotopic (exact) mass is 339 g/mol. The summed E-state index contributed by atoms with van der Waals surface area (Å²) in [5, 5.41) is 3.74. The van der Waals surface area contributed by atoms with Crippen LogP contribution in [0.1, 0.15) is 25.8 Å². The summed E-state index contributed by atoms with van der Waals surface area (Å²) >= 11 is 3.62. The van der Waals surface area contributed by atoms with Crippen LogP contribution in [0.4, 0.5) is 5.69 Å². The summed E-state index contributed by atoms with van der Waals surface area (Å²) in [6.45, 7) is 6.11. The second kappa shape index (κ2) is 5.32. The van der Waals surface area contributed by atoms with Gasteiger partial charge in [-0.05, 0) is 18.6 Å². The molecule has 3 atom stereocenters. The van der Waals surface area contributed by atoms with Gasteiger partial charge in [-0.1, -0.05) is 35.8 Å². The molecule has 0 radical (unpaired) electrons. The van der Waals surface area contributed by atoms with Crippen LogP contribution < -0.4 is 5.32 Å². The minimum absolute atomic E-state index is 0.188. The third kappa shape index (κ3) is 2.18. The molecule has 1 saturated heterocycles. The fourth-order valence-corrected chi connectivity index (χ4v) is 4.25. The molecule has 3 nitrogen and oxygen atoms in total. The Balaban J connectivity index is 1.83. The lowest BCUT2D eigenvalue weighted by molar-refractivity contribution is -0.0923. The number of benzene rings is 1. The third-order valence-electron chi connectivity index (χ3n) is 4.82. The summed E-state index contributed by atoms with van der Waals surface area (Å²) in [7, 11) is 1.73.